The molecule has 0 amide bonds. The summed E-state index contributed by atoms with van der Waals surface area (Å²) in [6, 6.07) is 7.44. The van der Waals surface area contributed by atoms with Gasteiger partial charge in [0.25, 0.3) is 0 Å². The van der Waals surface area contributed by atoms with Crippen LogP contribution >= 0.6 is 0 Å². The van der Waals surface area contributed by atoms with Gasteiger partial charge in [0, 0.05) is 0 Å². The minimum absolute atomic E-state index is 0.180. The molecule has 94 valence electrons. The third-order valence-corrected chi connectivity index (χ3v) is 2.40. The molecule has 1 atom stereocenters. The first kappa shape index (κ1) is 13.7. The third kappa shape index (κ3) is 4.57. The lowest BCUT2D eigenvalue weighted by molar-refractivity contribution is 0.0195. The van der Waals surface area contributed by atoms with Crippen LogP contribution in [0.4, 0.5) is 0 Å². The van der Waals surface area contributed by atoms with E-state index in [-0.39, 0.29) is 18.2 Å². The average molecular weight is 236 g/mol. The number of carbonyl (C=O) groups is 1. The molecule has 3 heteroatoms. The third-order valence-electron chi connectivity index (χ3n) is 2.40. The van der Waals surface area contributed by atoms with Gasteiger partial charge < -0.3 is 9.47 Å². The number of ether oxygens (including phenoxy) is 2. The van der Waals surface area contributed by atoms with Gasteiger partial charge in [-0.3, -0.25) is 0 Å². The van der Waals surface area contributed by atoms with E-state index in [0.29, 0.717) is 5.56 Å². The van der Waals surface area contributed by atoms with E-state index in [9.17, 15) is 4.79 Å². The molecule has 0 radical (unpaired) electrons. The fraction of sp³-hybridized carbons (Fsp3) is 0.500. The molecule has 0 aliphatic rings. The number of rotatable bonds is 5. The zero-order valence-corrected chi connectivity index (χ0v) is 10.9. The number of methoxy groups -OCH3 is 1. The van der Waals surface area contributed by atoms with E-state index in [1.165, 1.54) is 7.11 Å². The van der Waals surface area contributed by atoms with Crippen molar-refractivity contribution in [2.24, 2.45) is 0 Å². The predicted molar refractivity (Wildman–Crippen MR) is 67.2 cm³/mol. The standard InChI is InChI=1S/C14H20O3/c1-10(2)17-11(3)9-12-5-7-13(8-6-12)14(15)16-4/h5-8,10-11H,9H2,1-4H3. The van der Waals surface area contributed by atoms with E-state index in [1.807, 2.05) is 32.9 Å². The van der Waals surface area contributed by atoms with Crippen LogP contribution in [0, 0.1) is 0 Å². The van der Waals surface area contributed by atoms with Gasteiger partial charge in [-0.05, 0) is 44.9 Å². The van der Waals surface area contributed by atoms with E-state index in [2.05, 4.69) is 4.74 Å². The van der Waals surface area contributed by atoms with Crippen LogP contribution in [-0.2, 0) is 15.9 Å². The molecule has 0 fully saturated rings. The largest absolute Gasteiger partial charge is 0.465 e. The molecule has 1 unspecified atom stereocenters. The summed E-state index contributed by atoms with van der Waals surface area (Å²) in [5.41, 5.74) is 1.74. The first-order chi connectivity index (χ1) is 8.02. The van der Waals surface area contributed by atoms with Gasteiger partial charge in [-0.25, -0.2) is 4.79 Å². The Hall–Kier alpha value is -1.35. The summed E-state index contributed by atoms with van der Waals surface area (Å²) in [5.74, 6) is -0.303. The number of benzene rings is 1. The molecular weight excluding hydrogens is 216 g/mol. The molecule has 0 aliphatic carbocycles. The summed E-state index contributed by atoms with van der Waals surface area (Å²) < 4.78 is 10.3. The maximum atomic E-state index is 11.2. The topological polar surface area (TPSA) is 35.5 Å². The molecule has 17 heavy (non-hydrogen) atoms. The molecule has 0 saturated carbocycles. The molecular formula is C14H20O3. The SMILES string of the molecule is COC(=O)c1ccc(CC(C)OC(C)C)cc1. The Morgan fingerprint density at radius 3 is 2.24 bits per heavy atom. The van der Waals surface area contributed by atoms with Gasteiger partial charge >= 0.3 is 5.97 Å². The summed E-state index contributed by atoms with van der Waals surface area (Å²) in [6.07, 6.45) is 1.26. The smallest absolute Gasteiger partial charge is 0.337 e. The van der Waals surface area contributed by atoms with Crippen LogP contribution in [-0.4, -0.2) is 25.3 Å². The van der Waals surface area contributed by atoms with Crippen LogP contribution in [0.3, 0.4) is 0 Å². The van der Waals surface area contributed by atoms with Gasteiger partial charge in [-0.1, -0.05) is 12.1 Å². The van der Waals surface area contributed by atoms with Gasteiger partial charge in [-0.2, -0.15) is 0 Å². The van der Waals surface area contributed by atoms with Crippen molar-refractivity contribution in [3.05, 3.63) is 35.4 Å². The lowest BCUT2D eigenvalue weighted by atomic mass is 10.1. The van der Waals surface area contributed by atoms with Crippen molar-refractivity contribution < 1.29 is 14.3 Å². The fourth-order valence-corrected chi connectivity index (χ4v) is 1.74. The number of carbonyl (C=O) groups excluding carboxylic acids is 1. The number of hydrogen-bond acceptors (Lipinski definition) is 3. The first-order valence-electron chi connectivity index (χ1n) is 5.85. The second-order valence-electron chi connectivity index (χ2n) is 4.39. The highest BCUT2D eigenvalue weighted by molar-refractivity contribution is 5.89. The van der Waals surface area contributed by atoms with E-state index in [0.717, 1.165) is 12.0 Å². The molecule has 1 aromatic rings. The maximum Gasteiger partial charge on any atom is 0.337 e. The second kappa shape index (κ2) is 6.40. The van der Waals surface area contributed by atoms with Crippen LogP contribution in [0.5, 0.6) is 0 Å². The van der Waals surface area contributed by atoms with E-state index in [1.54, 1.807) is 12.1 Å². The van der Waals surface area contributed by atoms with Crippen molar-refractivity contribution >= 4 is 5.97 Å². The van der Waals surface area contributed by atoms with Gasteiger partial charge in [-0.15, -0.1) is 0 Å². The highest BCUT2D eigenvalue weighted by atomic mass is 16.5. The van der Waals surface area contributed by atoms with Crippen LogP contribution in [0.2, 0.25) is 0 Å². The Morgan fingerprint density at radius 2 is 1.76 bits per heavy atom. The fourth-order valence-electron chi connectivity index (χ4n) is 1.74. The number of hydrogen-bond donors (Lipinski definition) is 0. The lowest BCUT2D eigenvalue weighted by Crippen LogP contribution is -2.16. The van der Waals surface area contributed by atoms with Gasteiger partial charge in [0.05, 0.1) is 24.9 Å². The van der Waals surface area contributed by atoms with E-state index in [4.69, 9.17) is 4.74 Å². The molecule has 0 bridgehead atoms. The molecule has 0 spiro atoms. The second-order valence-corrected chi connectivity index (χ2v) is 4.39. The van der Waals surface area contributed by atoms with Gasteiger partial charge in [0.1, 0.15) is 0 Å². The quantitative estimate of drug-likeness (QED) is 0.737. The van der Waals surface area contributed by atoms with E-state index < -0.39 is 0 Å². The summed E-state index contributed by atoms with van der Waals surface area (Å²) in [4.78, 5) is 11.2. The molecule has 0 saturated heterocycles. The summed E-state index contributed by atoms with van der Waals surface area (Å²) in [7, 11) is 1.38. The molecule has 0 heterocycles. The van der Waals surface area contributed by atoms with Crippen molar-refractivity contribution in [2.45, 2.75) is 39.4 Å². The molecule has 1 aromatic carbocycles. The van der Waals surface area contributed by atoms with Crippen molar-refractivity contribution in [2.75, 3.05) is 7.11 Å². The molecule has 0 N–H and O–H groups in total. The highest BCUT2D eigenvalue weighted by Crippen LogP contribution is 2.10. The Bertz CT molecular complexity index is 354. The summed E-state index contributed by atoms with van der Waals surface area (Å²) in [6.45, 7) is 6.10. The molecule has 1 rings (SSSR count). The Kier molecular flexibility index (Phi) is 5.16. The lowest BCUT2D eigenvalue weighted by Gasteiger charge is -2.16. The number of esters is 1. The molecule has 3 nitrogen and oxygen atoms in total. The summed E-state index contributed by atoms with van der Waals surface area (Å²) >= 11 is 0. The van der Waals surface area contributed by atoms with Crippen molar-refractivity contribution in [3.63, 3.8) is 0 Å². The van der Waals surface area contributed by atoms with Crippen molar-refractivity contribution in [1.82, 2.24) is 0 Å². The first-order valence-corrected chi connectivity index (χ1v) is 5.85. The predicted octanol–water partition coefficient (Wildman–Crippen LogP) is 2.83. The Morgan fingerprint density at radius 1 is 1.18 bits per heavy atom. The zero-order valence-electron chi connectivity index (χ0n) is 10.9. The van der Waals surface area contributed by atoms with E-state index >= 15 is 0 Å². The van der Waals surface area contributed by atoms with Crippen molar-refractivity contribution in [3.8, 4) is 0 Å². The minimum atomic E-state index is -0.303. The van der Waals surface area contributed by atoms with Gasteiger partial charge in [0.2, 0.25) is 0 Å². The van der Waals surface area contributed by atoms with Crippen LogP contribution < -0.4 is 0 Å². The zero-order chi connectivity index (χ0) is 12.8. The van der Waals surface area contributed by atoms with Crippen LogP contribution in [0.25, 0.3) is 0 Å². The Labute approximate surface area is 103 Å². The monoisotopic (exact) mass is 236 g/mol. The van der Waals surface area contributed by atoms with Crippen molar-refractivity contribution in [1.29, 1.82) is 0 Å². The normalized spacial score (nSPS) is 12.5. The van der Waals surface area contributed by atoms with Crippen LogP contribution in [0.1, 0.15) is 36.7 Å². The minimum Gasteiger partial charge on any atom is -0.465 e. The summed E-state index contributed by atoms with van der Waals surface area (Å²) in [5, 5.41) is 0. The van der Waals surface area contributed by atoms with Crippen LogP contribution in [0.15, 0.2) is 24.3 Å². The highest BCUT2D eigenvalue weighted by Gasteiger charge is 2.08. The Balaban J connectivity index is 2.59. The molecule has 0 aliphatic heterocycles. The van der Waals surface area contributed by atoms with Gasteiger partial charge in [0.15, 0.2) is 0 Å². The average Bonchev–Trinajstić information content (AvgIpc) is 2.28. The maximum absolute atomic E-state index is 11.2. The molecule has 0 aromatic heterocycles.